The van der Waals surface area contributed by atoms with Crippen molar-refractivity contribution in [3.05, 3.63) is 45.9 Å². The van der Waals surface area contributed by atoms with Gasteiger partial charge >= 0.3 is 5.63 Å². The molecule has 2 aromatic heterocycles. The van der Waals surface area contributed by atoms with Crippen LogP contribution in [0.5, 0.6) is 0 Å². The molecule has 0 radical (unpaired) electrons. The molecule has 0 saturated carbocycles. The van der Waals surface area contributed by atoms with Crippen LogP contribution >= 0.6 is 0 Å². The third kappa shape index (κ3) is 2.60. The van der Waals surface area contributed by atoms with Gasteiger partial charge in [-0.05, 0) is 36.8 Å². The summed E-state index contributed by atoms with van der Waals surface area (Å²) >= 11 is 0. The van der Waals surface area contributed by atoms with Crippen molar-refractivity contribution in [2.24, 2.45) is 5.92 Å². The first-order valence-corrected chi connectivity index (χ1v) is 8.75. The maximum atomic E-state index is 12.7. The number of carbonyl (C=O) groups excluding carboxylic acids is 1. The first-order valence-electron chi connectivity index (χ1n) is 8.75. The number of hydrogen-bond acceptors (Lipinski definition) is 4. The van der Waals surface area contributed by atoms with Crippen LogP contribution in [-0.4, -0.2) is 10.9 Å². The average Bonchev–Trinajstić information content (AvgIpc) is 2.61. The summed E-state index contributed by atoms with van der Waals surface area (Å²) in [6, 6.07) is 7.56. The minimum Gasteiger partial charge on any atom is -0.422 e. The van der Waals surface area contributed by atoms with Gasteiger partial charge in [-0.2, -0.15) is 0 Å². The fourth-order valence-electron chi connectivity index (χ4n) is 3.65. The molecule has 25 heavy (non-hydrogen) atoms. The number of hydrogen-bond donors (Lipinski definition) is 1. The molecule has 0 saturated heterocycles. The third-order valence-corrected chi connectivity index (χ3v) is 4.95. The summed E-state index contributed by atoms with van der Waals surface area (Å²) in [5.41, 5.74) is 2.22. The van der Waals surface area contributed by atoms with Crippen LogP contribution in [0.3, 0.4) is 0 Å². The Hall–Kier alpha value is -2.69. The maximum Gasteiger partial charge on any atom is 0.347 e. The molecule has 1 amide bonds. The van der Waals surface area contributed by atoms with E-state index < -0.39 is 5.63 Å². The Morgan fingerprint density at radius 1 is 1.32 bits per heavy atom. The highest BCUT2D eigenvalue weighted by atomic mass is 16.4. The molecule has 0 fully saturated rings. The van der Waals surface area contributed by atoms with Crippen molar-refractivity contribution in [1.29, 1.82) is 0 Å². The number of nitrogens with zero attached hydrogens (tertiary/aromatic N) is 1. The maximum absolute atomic E-state index is 12.7. The van der Waals surface area contributed by atoms with Crippen LogP contribution < -0.4 is 10.9 Å². The van der Waals surface area contributed by atoms with Crippen molar-refractivity contribution in [3.63, 3.8) is 0 Å². The number of aryl methyl sites for hydroxylation is 1. The van der Waals surface area contributed by atoms with E-state index in [1.165, 1.54) is 0 Å². The molecule has 0 spiro atoms. The topological polar surface area (TPSA) is 72.2 Å². The second kappa shape index (κ2) is 5.99. The van der Waals surface area contributed by atoms with Gasteiger partial charge in [0.05, 0.1) is 0 Å². The minimum atomic E-state index is -0.450. The lowest BCUT2D eigenvalue weighted by Gasteiger charge is -2.24. The van der Waals surface area contributed by atoms with E-state index in [1.807, 2.05) is 18.2 Å². The number of pyridine rings is 1. The lowest BCUT2D eigenvalue weighted by molar-refractivity contribution is -0.115. The van der Waals surface area contributed by atoms with Gasteiger partial charge < -0.3 is 9.73 Å². The lowest BCUT2D eigenvalue weighted by atomic mass is 9.84. The molecule has 128 valence electrons. The Morgan fingerprint density at radius 3 is 2.92 bits per heavy atom. The Kier molecular flexibility index (Phi) is 3.79. The van der Waals surface area contributed by atoms with Crippen molar-refractivity contribution >= 4 is 33.5 Å². The number of para-hydroxylation sites is 1. The van der Waals surface area contributed by atoms with Crippen molar-refractivity contribution in [3.8, 4) is 0 Å². The third-order valence-electron chi connectivity index (χ3n) is 4.95. The summed E-state index contributed by atoms with van der Waals surface area (Å²) < 4.78 is 5.50. The van der Waals surface area contributed by atoms with Gasteiger partial charge in [0.15, 0.2) is 0 Å². The van der Waals surface area contributed by atoms with E-state index in [9.17, 15) is 9.59 Å². The largest absolute Gasteiger partial charge is 0.422 e. The SMILES string of the molecule is CCC(=O)Nc1nc2c(c3c1c(=O)oc1ccccc13)CC(C)CC2. The second-order valence-electron chi connectivity index (χ2n) is 6.77. The number of benzene rings is 1. The number of carbonyl (C=O) groups is 1. The van der Waals surface area contributed by atoms with E-state index in [2.05, 4.69) is 17.2 Å². The van der Waals surface area contributed by atoms with E-state index in [0.717, 1.165) is 41.3 Å². The van der Waals surface area contributed by atoms with Crippen LogP contribution in [0, 0.1) is 5.92 Å². The molecule has 1 unspecified atom stereocenters. The number of aromatic nitrogens is 1. The molecule has 4 rings (SSSR count). The highest BCUT2D eigenvalue weighted by Crippen LogP contribution is 2.36. The quantitative estimate of drug-likeness (QED) is 0.570. The van der Waals surface area contributed by atoms with Gasteiger partial charge in [0.2, 0.25) is 5.91 Å². The van der Waals surface area contributed by atoms with Gasteiger partial charge in [-0.3, -0.25) is 4.79 Å². The highest BCUT2D eigenvalue weighted by molar-refractivity contribution is 6.11. The predicted octanol–water partition coefficient (Wildman–Crippen LogP) is 3.81. The molecule has 0 bridgehead atoms. The first-order chi connectivity index (χ1) is 12.1. The summed E-state index contributed by atoms with van der Waals surface area (Å²) in [5.74, 6) is 0.708. The first kappa shape index (κ1) is 15.8. The van der Waals surface area contributed by atoms with Gasteiger partial charge in [0.1, 0.15) is 16.8 Å². The van der Waals surface area contributed by atoms with Crippen LogP contribution in [0.2, 0.25) is 0 Å². The van der Waals surface area contributed by atoms with Crippen LogP contribution in [0.15, 0.2) is 33.5 Å². The van der Waals surface area contributed by atoms with Crippen LogP contribution in [-0.2, 0) is 17.6 Å². The lowest BCUT2D eigenvalue weighted by Crippen LogP contribution is -2.19. The normalized spacial score (nSPS) is 16.8. The molecule has 1 aromatic carbocycles. The zero-order chi connectivity index (χ0) is 17.6. The molecule has 1 N–H and O–H groups in total. The van der Waals surface area contributed by atoms with Gasteiger partial charge in [-0.1, -0.05) is 32.0 Å². The summed E-state index contributed by atoms with van der Waals surface area (Å²) in [7, 11) is 0. The minimum absolute atomic E-state index is 0.162. The average molecular weight is 336 g/mol. The fourth-order valence-corrected chi connectivity index (χ4v) is 3.65. The van der Waals surface area contributed by atoms with Crippen molar-refractivity contribution in [1.82, 2.24) is 4.98 Å². The predicted molar refractivity (Wildman–Crippen MR) is 97.9 cm³/mol. The molecule has 2 heterocycles. The Morgan fingerprint density at radius 2 is 2.12 bits per heavy atom. The van der Waals surface area contributed by atoms with Crippen LogP contribution in [0.4, 0.5) is 5.82 Å². The van der Waals surface area contributed by atoms with E-state index in [4.69, 9.17) is 4.42 Å². The molecule has 1 aliphatic rings. The molecule has 0 aliphatic heterocycles. The number of fused-ring (bicyclic) bond motifs is 5. The molecule has 1 atom stereocenters. The molecular weight excluding hydrogens is 316 g/mol. The van der Waals surface area contributed by atoms with E-state index >= 15 is 0 Å². The fraction of sp³-hybridized carbons (Fsp3) is 0.350. The van der Waals surface area contributed by atoms with Crippen molar-refractivity contribution < 1.29 is 9.21 Å². The zero-order valence-electron chi connectivity index (χ0n) is 14.4. The van der Waals surface area contributed by atoms with Gasteiger partial charge in [-0.25, -0.2) is 9.78 Å². The van der Waals surface area contributed by atoms with E-state index in [1.54, 1.807) is 13.0 Å². The van der Waals surface area contributed by atoms with Gasteiger partial charge in [-0.15, -0.1) is 0 Å². The van der Waals surface area contributed by atoms with Gasteiger partial charge in [0, 0.05) is 22.9 Å². The molecule has 1 aliphatic carbocycles. The number of amides is 1. The summed E-state index contributed by atoms with van der Waals surface area (Å²) in [6.45, 7) is 3.99. The Bertz CT molecular complexity index is 1050. The number of rotatable bonds is 2. The number of nitrogens with one attached hydrogen (secondary N) is 1. The molecule has 5 heteroatoms. The Balaban J connectivity index is 2.14. The van der Waals surface area contributed by atoms with Gasteiger partial charge in [0.25, 0.3) is 0 Å². The van der Waals surface area contributed by atoms with E-state index in [-0.39, 0.29) is 5.91 Å². The van der Waals surface area contributed by atoms with Crippen molar-refractivity contribution in [2.45, 2.75) is 39.5 Å². The summed E-state index contributed by atoms with van der Waals surface area (Å²) in [5, 5.41) is 4.96. The monoisotopic (exact) mass is 336 g/mol. The highest BCUT2D eigenvalue weighted by Gasteiger charge is 2.25. The Labute approximate surface area is 145 Å². The number of anilines is 1. The van der Waals surface area contributed by atoms with Crippen LogP contribution in [0.1, 0.15) is 37.9 Å². The van der Waals surface area contributed by atoms with Crippen molar-refractivity contribution in [2.75, 3.05) is 5.32 Å². The van der Waals surface area contributed by atoms with E-state index in [0.29, 0.717) is 29.1 Å². The summed E-state index contributed by atoms with van der Waals surface area (Å²) in [6.07, 6.45) is 3.13. The zero-order valence-corrected chi connectivity index (χ0v) is 14.4. The smallest absolute Gasteiger partial charge is 0.347 e. The molecule has 3 aromatic rings. The van der Waals surface area contributed by atoms with Crippen LogP contribution in [0.25, 0.3) is 21.7 Å². The summed E-state index contributed by atoms with van der Waals surface area (Å²) in [4.78, 5) is 29.3. The second-order valence-corrected chi connectivity index (χ2v) is 6.77. The molecular formula is C20H20N2O3. The standard InChI is InChI=1S/C20H20N2O3/c1-3-16(23)22-19-18-17(13-10-11(2)8-9-14(13)21-19)12-6-4-5-7-15(12)25-20(18)24/h4-7,11H,3,8-10H2,1-2H3,(H,21,22,23). The molecule has 5 nitrogen and oxygen atoms in total.